The van der Waals surface area contributed by atoms with Crippen molar-refractivity contribution in [3.8, 4) is 11.8 Å². The van der Waals surface area contributed by atoms with Crippen LogP contribution in [0.15, 0.2) is 11.0 Å². The van der Waals surface area contributed by atoms with Gasteiger partial charge in [0, 0.05) is 18.9 Å². The van der Waals surface area contributed by atoms with Crippen molar-refractivity contribution in [1.82, 2.24) is 4.73 Å². The van der Waals surface area contributed by atoms with Crippen LogP contribution >= 0.6 is 0 Å². The van der Waals surface area contributed by atoms with E-state index in [0.717, 1.165) is 57.8 Å². The summed E-state index contributed by atoms with van der Waals surface area (Å²) in [6, 6.07) is 0.574. The number of carbonyl (C=O) groups is 2. The molecule has 0 bridgehead atoms. The fraction of sp³-hybridized carbons (Fsp3) is 0.667. The fourth-order valence-corrected chi connectivity index (χ4v) is 3.40. The van der Waals surface area contributed by atoms with Crippen LogP contribution in [0.4, 0.5) is 0 Å². The van der Waals surface area contributed by atoms with E-state index in [4.69, 9.17) is 14.5 Å². The average Bonchev–Trinajstić information content (AvgIpc) is 2.90. The number of carbonyl (C=O) groups excluding carboxylic acids is 1. The van der Waals surface area contributed by atoms with Gasteiger partial charge in [0.15, 0.2) is 4.90 Å². The van der Waals surface area contributed by atoms with Crippen molar-refractivity contribution in [3.63, 3.8) is 0 Å². The van der Waals surface area contributed by atoms with Gasteiger partial charge in [-0.05, 0) is 12.8 Å². The van der Waals surface area contributed by atoms with Crippen molar-refractivity contribution >= 4 is 22.1 Å². The Kier molecular flexibility index (Phi) is 10.5. The maximum Gasteiger partial charge on any atom is 0.333 e. The Labute approximate surface area is 169 Å². The number of rotatable bonds is 15. The van der Waals surface area contributed by atoms with Gasteiger partial charge in [0.05, 0.1) is 0 Å². The first kappa shape index (κ1) is 24.8. The van der Waals surface area contributed by atoms with Crippen molar-refractivity contribution in [2.45, 2.75) is 81.9 Å². The zero-order chi connectivity index (χ0) is 21.9. The summed E-state index contributed by atoms with van der Waals surface area (Å²) in [4.78, 5) is 25.9. The molecule has 0 aromatic carbocycles. The van der Waals surface area contributed by atoms with Crippen molar-refractivity contribution in [2.75, 3.05) is 0 Å². The van der Waals surface area contributed by atoms with Gasteiger partial charge in [-0.25, -0.2) is 4.79 Å². The minimum absolute atomic E-state index is 0.0296. The molecule has 1 heterocycles. The molecule has 0 unspecified atom stereocenters. The molecule has 0 fully saturated rings. The van der Waals surface area contributed by atoms with Crippen LogP contribution in [-0.4, -0.2) is 45.0 Å². The van der Waals surface area contributed by atoms with E-state index in [1.807, 2.05) is 0 Å². The summed E-state index contributed by atoms with van der Waals surface area (Å²) in [5, 5.41) is 27.7. The Morgan fingerprint density at radius 2 is 1.31 bits per heavy atom. The van der Waals surface area contributed by atoms with Crippen LogP contribution < -0.4 is 4.84 Å². The number of unbranched alkanes of at least 4 members (excludes halogenated alkanes) is 9. The SMILES string of the molecule is O=C(O)CCCCCCCCCCCCC(=O)On1c(O)cc(S(=O)(=O)O)c1O. The topological polar surface area (TPSA) is 163 Å². The molecule has 0 aliphatic carbocycles. The Morgan fingerprint density at radius 3 is 1.72 bits per heavy atom. The molecule has 0 aliphatic rings. The van der Waals surface area contributed by atoms with Gasteiger partial charge in [0.2, 0.25) is 5.88 Å². The summed E-state index contributed by atoms with van der Waals surface area (Å²) >= 11 is 0. The van der Waals surface area contributed by atoms with Crippen molar-refractivity contribution < 1.29 is 42.7 Å². The highest BCUT2D eigenvalue weighted by Crippen LogP contribution is 2.30. The summed E-state index contributed by atoms with van der Waals surface area (Å²) in [5.41, 5.74) is 0. The van der Waals surface area contributed by atoms with Gasteiger partial charge in [0.1, 0.15) is 0 Å². The van der Waals surface area contributed by atoms with E-state index >= 15 is 0 Å². The first-order valence-electron chi connectivity index (χ1n) is 9.67. The number of aromatic nitrogens is 1. The van der Waals surface area contributed by atoms with E-state index < -0.39 is 38.7 Å². The zero-order valence-corrected chi connectivity index (χ0v) is 17.1. The monoisotopic (exact) mass is 435 g/mol. The number of aromatic hydroxyl groups is 2. The molecule has 0 atom stereocenters. The Morgan fingerprint density at radius 1 is 0.862 bits per heavy atom. The van der Waals surface area contributed by atoms with Gasteiger partial charge in [-0.1, -0.05) is 51.4 Å². The molecule has 0 spiro atoms. The minimum atomic E-state index is -4.76. The summed E-state index contributed by atoms with van der Waals surface area (Å²) in [5.74, 6) is -3.42. The molecule has 1 aromatic rings. The number of aliphatic carboxylic acids is 1. The molecule has 0 saturated carbocycles. The van der Waals surface area contributed by atoms with Crippen molar-refractivity contribution in [3.05, 3.63) is 6.07 Å². The smallest absolute Gasteiger partial charge is 0.333 e. The Hall–Kier alpha value is -2.27. The van der Waals surface area contributed by atoms with Gasteiger partial charge >= 0.3 is 11.9 Å². The molecular formula is C18H29NO9S. The molecule has 1 aromatic heterocycles. The summed E-state index contributed by atoms with van der Waals surface area (Å²) in [7, 11) is -4.76. The second-order valence-electron chi connectivity index (χ2n) is 6.85. The molecule has 0 radical (unpaired) electrons. The van der Waals surface area contributed by atoms with Gasteiger partial charge in [0.25, 0.3) is 16.0 Å². The highest BCUT2D eigenvalue weighted by Gasteiger charge is 2.25. The van der Waals surface area contributed by atoms with Gasteiger partial charge in [-0.2, -0.15) is 8.42 Å². The summed E-state index contributed by atoms with van der Waals surface area (Å²) < 4.78 is 31.2. The Bertz CT molecular complexity index is 771. The van der Waals surface area contributed by atoms with E-state index in [0.29, 0.717) is 12.5 Å². The van der Waals surface area contributed by atoms with E-state index in [-0.39, 0.29) is 17.6 Å². The number of carboxylic acid groups (broad SMARTS) is 1. The summed E-state index contributed by atoms with van der Waals surface area (Å²) in [6.45, 7) is 0. The third kappa shape index (κ3) is 9.66. The number of nitrogens with zero attached hydrogens (tertiary/aromatic N) is 1. The second kappa shape index (κ2) is 12.3. The Balaban J connectivity index is 2.12. The van der Waals surface area contributed by atoms with Crippen molar-refractivity contribution in [1.29, 1.82) is 0 Å². The lowest BCUT2D eigenvalue weighted by molar-refractivity contribution is -0.145. The lowest BCUT2D eigenvalue weighted by Crippen LogP contribution is -2.18. The minimum Gasteiger partial charge on any atom is -0.492 e. The lowest BCUT2D eigenvalue weighted by Gasteiger charge is -2.07. The average molecular weight is 435 g/mol. The number of hydrogen-bond acceptors (Lipinski definition) is 7. The molecule has 1 rings (SSSR count). The van der Waals surface area contributed by atoms with Crippen LogP contribution in [0.25, 0.3) is 0 Å². The highest BCUT2D eigenvalue weighted by molar-refractivity contribution is 7.86. The van der Waals surface area contributed by atoms with E-state index in [1.54, 1.807) is 0 Å². The predicted octanol–water partition coefficient (Wildman–Crippen LogP) is 2.87. The molecule has 10 nitrogen and oxygen atoms in total. The van der Waals surface area contributed by atoms with Gasteiger partial charge in [-0.3, -0.25) is 9.35 Å². The standard InChI is InChI=1S/C18H29NO9S/c20-15-13-14(29(25,26)27)18(24)19(15)28-17(23)12-10-8-6-4-2-1-3-5-7-9-11-16(21)22/h13,20,24H,1-12H2,(H,21,22)(H,25,26,27). The van der Waals surface area contributed by atoms with Gasteiger partial charge in [-0.15, -0.1) is 4.73 Å². The van der Waals surface area contributed by atoms with Crippen LogP contribution in [0.1, 0.15) is 77.0 Å². The third-order valence-electron chi connectivity index (χ3n) is 4.37. The molecule has 29 heavy (non-hydrogen) atoms. The fourth-order valence-electron chi connectivity index (χ4n) is 2.84. The molecule has 4 N–H and O–H groups in total. The molecule has 0 saturated heterocycles. The largest absolute Gasteiger partial charge is 0.492 e. The van der Waals surface area contributed by atoms with Crippen LogP contribution in [0, 0.1) is 0 Å². The highest BCUT2D eigenvalue weighted by atomic mass is 32.2. The van der Waals surface area contributed by atoms with E-state index in [2.05, 4.69) is 0 Å². The maximum absolute atomic E-state index is 11.8. The maximum atomic E-state index is 11.8. The first-order chi connectivity index (χ1) is 13.6. The molecular weight excluding hydrogens is 406 g/mol. The van der Waals surface area contributed by atoms with Crippen molar-refractivity contribution in [2.24, 2.45) is 0 Å². The van der Waals surface area contributed by atoms with E-state index in [1.165, 1.54) is 0 Å². The lowest BCUT2D eigenvalue weighted by atomic mass is 10.1. The second-order valence-corrected chi connectivity index (χ2v) is 8.24. The third-order valence-corrected chi connectivity index (χ3v) is 5.23. The molecule has 166 valence electrons. The zero-order valence-electron chi connectivity index (χ0n) is 16.2. The quantitative estimate of drug-likeness (QED) is 0.239. The summed E-state index contributed by atoms with van der Waals surface area (Å²) in [6.07, 6.45) is 9.53. The predicted molar refractivity (Wildman–Crippen MR) is 102 cm³/mol. The molecule has 0 amide bonds. The normalized spacial score (nSPS) is 11.5. The van der Waals surface area contributed by atoms with Gasteiger partial charge < -0.3 is 20.2 Å². The van der Waals surface area contributed by atoms with Crippen LogP contribution in [0.5, 0.6) is 11.8 Å². The van der Waals surface area contributed by atoms with Crippen LogP contribution in [-0.2, 0) is 19.7 Å². The van der Waals surface area contributed by atoms with Crippen LogP contribution in [0.3, 0.4) is 0 Å². The number of hydrogen-bond donors (Lipinski definition) is 4. The molecule has 0 aliphatic heterocycles. The van der Waals surface area contributed by atoms with Crippen LogP contribution in [0.2, 0.25) is 0 Å². The number of carboxylic acids is 1. The molecule has 11 heteroatoms. The first-order valence-corrected chi connectivity index (χ1v) is 11.1. The van der Waals surface area contributed by atoms with E-state index in [9.17, 15) is 28.2 Å².